The summed E-state index contributed by atoms with van der Waals surface area (Å²) in [6, 6.07) is 10.3. The molecule has 3 aromatic heterocycles. The quantitative estimate of drug-likeness (QED) is 0.541. The SMILES string of the molecule is c1cnc2c(CSc3nccn4ccnc34)cccc2c1. The van der Waals surface area contributed by atoms with Gasteiger partial charge in [0, 0.05) is 42.1 Å². The molecule has 0 aliphatic carbocycles. The Kier molecular flexibility index (Phi) is 3.05. The number of aromatic nitrogens is 4. The van der Waals surface area contributed by atoms with Crippen molar-refractivity contribution in [3.8, 4) is 0 Å². The second kappa shape index (κ2) is 5.18. The summed E-state index contributed by atoms with van der Waals surface area (Å²) in [5.41, 5.74) is 3.17. The zero-order valence-corrected chi connectivity index (χ0v) is 12.0. The highest BCUT2D eigenvalue weighted by molar-refractivity contribution is 7.98. The minimum Gasteiger partial charge on any atom is -0.303 e. The molecule has 3 heterocycles. The van der Waals surface area contributed by atoms with Crippen molar-refractivity contribution in [3.05, 3.63) is 66.9 Å². The van der Waals surface area contributed by atoms with E-state index in [0.29, 0.717) is 0 Å². The van der Waals surface area contributed by atoms with Gasteiger partial charge in [0.15, 0.2) is 5.65 Å². The van der Waals surface area contributed by atoms with Gasteiger partial charge in [-0.2, -0.15) is 0 Å². The van der Waals surface area contributed by atoms with E-state index in [4.69, 9.17) is 0 Å². The Morgan fingerprint density at radius 2 is 1.76 bits per heavy atom. The molecule has 0 atom stereocenters. The van der Waals surface area contributed by atoms with Gasteiger partial charge < -0.3 is 4.40 Å². The summed E-state index contributed by atoms with van der Waals surface area (Å²) < 4.78 is 1.98. The molecule has 21 heavy (non-hydrogen) atoms. The van der Waals surface area contributed by atoms with Crippen LogP contribution in [0.25, 0.3) is 16.6 Å². The molecule has 0 fully saturated rings. The fourth-order valence-electron chi connectivity index (χ4n) is 2.36. The molecule has 4 rings (SSSR count). The van der Waals surface area contributed by atoms with E-state index in [1.165, 1.54) is 10.9 Å². The zero-order chi connectivity index (χ0) is 14.1. The third-order valence-electron chi connectivity index (χ3n) is 3.36. The first-order chi connectivity index (χ1) is 10.4. The molecule has 0 N–H and O–H groups in total. The van der Waals surface area contributed by atoms with Crippen molar-refractivity contribution < 1.29 is 0 Å². The third kappa shape index (κ3) is 2.25. The lowest BCUT2D eigenvalue weighted by molar-refractivity contribution is 1.03. The number of para-hydroxylation sites is 1. The van der Waals surface area contributed by atoms with Crippen LogP contribution < -0.4 is 0 Å². The van der Waals surface area contributed by atoms with Crippen molar-refractivity contribution in [1.29, 1.82) is 0 Å². The second-order valence-electron chi connectivity index (χ2n) is 4.67. The summed E-state index contributed by atoms with van der Waals surface area (Å²) in [5, 5.41) is 2.11. The first kappa shape index (κ1) is 12.3. The zero-order valence-electron chi connectivity index (χ0n) is 11.2. The van der Waals surface area contributed by atoms with Crippen molar-refractivity contribution >= 4 is 28.3 Å². The van der Waals surface area contributed by atoms with Crippen LogP contribution >= 0.6 is 11.8 Å². The van der Waals surface area contributed by atoms with Gasteiger partial charge >= 0.3 is 0 Å². The van der Waals surface area contributed by atoms with Gasteiger partial charge in [0.2, 0.25) is 0 Å². The van der Waals surface area contributed by atoms with Crippen LogP contribution in [0, 0.1) is 0 Å². The predicted octanol–water partition coefficient (Wildman–Crippen LogP) is 3.57. The number of hydrogen-bond donors (Lipinski definition) is 0. The molecule has 4 aromatic rings. The maximum atomic E-state index is 4.49. The standard InChI is InChI=1S/C16H12N4S/c1-3-12-5-2-6-17-14(12)13(4-1)11-21-16-15-18-7-9-20(15)10-8-19-16/h1-10H,11H2. The minimum absolute atomic E-state index is 0.827. The van der Waals surface area contributed by atoms with Crippen LogP contribution in [0.5, 0.6) is 0 Å². The van der Waals surface area contributed by atoms with Crippen LogP contribution in [0.1, 0.15) is 5.56 Å². The lowest BCUT2D eigenvalue weighted by Gasteiger charge is -2.06. The van der Waals surface area contributed by atoms with E-state index < -0.39 is 0 Å². The Labute approximate surface area is 125 Å². The highest BCUT2D eigenvalue weighted by atomic mass is 32.2. The van der Waals surface area contributed by atoms with Gasteiger partial charge in [-0.05, 0) is 11.6 Å². The number of rotatable bonds is 3. The van der Waals surface area contributed by atoms with E-state index >= 15 is 0 Å². The number of thioether (sulfide) groups is 1. The number of hydrogen-bond acceptors (Lipinski definition) is 4. The van der Waals surface area contributed by atoms with Crippen molar-refractivity contribution in [2.45, 2.75) is 10.8 Å². The second-order valence-corrected chi connectivity index (χ2v) is 5.64. The maximum Gasteiger partial charge on any atom is 0.169 e. The maximum absolute atomic E-state index is 4.49. The normalized spacial score (nSPS) is 11.2. The number of pyridine rings is 1. The Balaban J connectivity index is 1.68. The van der Waals surface area contributed by atoms with E-state index in [2.05, 4.69) is 39.2 Å². The van der Waals surface area contributed by atoms with Gasteiger partial charge in [-0.3, -0.25) is 4.98 Å². The van der Waals surface area contributed by atoms with E-state index in [9.17, 15) is 0 Å². The van der Waals surface area contributed by atoms with E-state index in [-0.39, 0.29) is 0 Å². The Bertz CT molecular complexity index is 911. The highest BCUT2D eigenvalue weighted by Gasteiger charge is 2.07. The number of benzene rings is 1. The molecule has 5 heteroatoms. The molecule has 0 aliphatic rings. The first-order valence-electron chi connectivity index (χ1n) is 6.65. The highest BCUT2D eigenvalue weighted by Crippen LogP contribution is 2.26. The molecular weight excluding hydrogens is 280 g/mol. The molecule has 0 aliphatic heterocycles. The van der Waals surface area contributed by atoms with E-state index in [1.807, 2.05) is 29.1 Å². The van der Waals surface area contributed by atoms with Crippen LogP contribution in [0.3, 0.4) is 0 Å². The van der Waals surface area contributed by atoms with Gasteiger partial charge in [-0.25, -0.2) is 9.97 Å². The van der Waals surface area contributed by atoms with Crippen LogP contribution in [0.15, 0.2) is 66.3 Å². The average molecular weight is 292 g/mol. The number of imidazole rings is 1. The fraction of sp³-hybridized carbons (Fsp3) is 0.0625. The molecule has 102 valence electrons. The first-order valence-corrected chi connectivity index (χ1v) is 7.63. The summed E-state index contributed by atoms with van der Waals surface area (Å²) in [6.07, 6.45) is 9.27. The summed E-state index contributed by atoms with van der Waals surface area (Å²) in [4.78, 5) is 13.3. The molecule has 4 nitrogen and oxygen atoms in total. The van der Waals surface area contributed by atoms with E-state index in [1.54, 1.807) is 24.2 Å². The van der Waals surface area contributed by atoms with Crippen molar-refractivity contribution in [2.24, 2.45) is 0 Å². The van der Waals surface area contributed by atoms with Gasteiger partial charge in [-0.15, -0.1) is 0 Å². The third-order valence-corrected chi connectivity index (χ3v) is 4.38. The summed E-state index contributed by atoms with van der Waals surface area (Å²) in [5.74, 6) is 0.827. The molecule has 0 radical (unpaired) electrons. The fourth-order valence-corrected chi connectivity index (χ4v) is 3.31. The van der Waals surface area contributed by atoms with Crippen molar-refractivity contribution in [2.75, 3.05) is 0 Å². The summed E-state index contributed by atoms with van der Waals surface area (Å²) in [6.45, 7) is 0. The van der Waals surface area contributed by atoms with Crippen LogP contribution in [-0.2, 0) is 5.75 Å². The monoisotopic (exact) mass is 292 g/mol. The molecule has 0 saturated carbocycles. The lowest BCUT2D eigenvalue weighted by Crippen LogP contribution is -1.91. The summed E-state index contributed by atoms with van der Waals surface area (Å²) in [7, 11) is 0. The lowest BCUT2D eigenvalue weighted by atomic mass is 10.1. The predicted molar refractivity (Wildman–Crippen MR) is 84.3 cm³/mol. The van der Waals surface area contributed by atoms with Crippen molar-refractivity contribution in [3.63, 3.8) is 0 Å². The molecule has 0 unspecified atom stereocenters. The Hall–Kier alpha value is -2.40. The Morgan fingerprint density at radius 1 is 0.905 bits per heavy atom. The van der Waals surface area contributed by atoms with Gasteiger partial charge in [0.25, 0.3) is 0 Å². The molecule has 0 bridgehead atoms. The van der Waals surface area contributed by atoms with Gasteiger partial charge in [0.1, 0.15) is 5.03 Å². The number of fused-ring (bicyclic) bond motifs is 2. The minimum atomic E-state index is 0.827. The van der Waals surface area contributed by atoms with Crippen LogP contribution in [0.4, 0.5) is 0 Å². The van der Waals surface area contributed by atoms with Gasteiger partial charge in [0.05, 0.1) is 5.52 Å². The largest absolute Gasteiger partial charge is 0.303 e. The smallest absolute Gasteiger partial charge is 0.169 e. The van der Waals surface area contributed by atoms with Gasteiger partial charge in [-0.1, -0.05) is 36.0 Å². The molecular formula is C16H12N4S. The molecule has 0 saturated heterocycles. The average Bonchev–Trinajstić information content (AvgIpc) is 3.02. The molecule has 0 amide bonds. The Morgan fingerprint density at radius 3 is 2.71 bits per heavy atom. The van der Waals surface area contributed by atoms with E-state index in [0.717, 1.165) is 21.9 Å². The molecule has 0 spiro atoms. The topological polar surface area (TPSA) is 43.1 Å². The summed E-state index contributed by atoms with van der Waals surface area (Å²) >= 11 is 1.69. The molecule has 1 aromatic carbocycles. The van der Waals surface area contributed by atoms with Crippen molar-refractivity contribution in [1.82, 2.24) is 19.4 Å². The number of nitrogens with zero attached hydrogens (tertiary/aromatic N) is 4. The van der Waals surface area contributed by atoms with Crippen LogP contribution in [-0.4, -0.2) is 19.4 Å². The van der Waals surface area contributed by atoms with Crippen LogP contribution in [0.2, 0.25) is 0 Å².